The van der Waals surface area contributed by atoms with Crippen LogP contribution >= 0.6 is 0 Å². The quantitative estimate of drug-likeness (QED) is 0.491. The number of hydrogen-bond acceptors (Lipinski definition) is 5. The summed E-state index contributed by atoms with van der Waals surface area (Å²) in [6.45, 7) is 10.6. The van der Waals surface area contributed by atoms with Crippen LogP contribution in [0.1, 0.15) is 49.4 Å². The van der Waals surface area contributed by atoms with Crippen LogP contribution in [0.2, 0.25) is 0 Å². The normalized spacial score (nSPS) is 15.8. The first-order valence-electron chi connectivity index (χ1n) is 11.4. The fourth-order valence-corrected chi connectivity index (χ4v) is 4.70. The highest BCUT2D eigenvalue weighted by molar-refractivity contribution is 5.79. The van der Waals surface area contributed by atoms with Gasteiger partial charge in [-0.3, -0.25) is 14.8 Å². The Balaban J connectivity index is 1.48. The van der Waals surface area contributed by atoms with Crippen LogP contribution in [0.15, 0.2) is 42.9 Å². The Bertz CT molecular complexity index is 1300. The van der Waals surface area contributed by atoms with E-state index in [9.17, 15) is 4.79 Å². The SMILES string of the molecule is Cc1cc(-c2n[nH]c(-c3ccc(C(C)N4CCNC(=O)C4)cc3)c2C(C)C)cn2ncnc12. The molecule has 170 valence electrons. The topological polar surface area (TPSA) is 91.2 Å². The lowest BCUT2D eigenvalue weighted by Crippen LogP contribution is -2.48. The number of rotatable bonds is 5. The van der Waals surface area contributed by atoms with E-state index in [1.807, 2.05) is 13.1 Å². The Labute approximate surface area is 193 Å². The van der Waals surface area contributed by atoms with Gasteiger partial charge in [-0.15, -0.1) is 0 Å². The number of benzene rings is 1. The van der Waals surface area contributed by atoms with E-state index in [4.69, 9.17) is 5.10 Å². The van der Waals surface area contributed by atoms with Crippen molar-refractivity contribution in [3.63, 3.8) is 0 Å². The number of aryl methyl sites for hydroxylation is 1. The van der Waals surface area contributed by atoms with Crippen LogP contribution in [0.5, 0.6) is 0 Å². The number of fused-ring (bicyclic) bond motifs is 1. The zero-order valence-electron chi connectivity index (χ0n) is 19.5. The monoisotopic (exact) mass is 443 g/mol. The molecular formula is C25H29N7O. The molecule has 1 saturated heterocycles. The molecule has 1 aliphatic heterocycles. The van der Waals surface area contributed by atoms with Gasteiger partial charge in [0.2, 0.25) is 5.91 Å². The summed E-state index contributed by atoms with van der Waals surface area (Å²) in [5, 5.41) is 15.2. The fourth-order valence-electron chi connectivity index (χ4n) is 4.70. The number of amides is 1. The van der Waals surface area contributed by atoms with Gasteiger partial charge in [0.05, 0.1) is 17.9 Å². The van der Waals surface area contributed by atoms with Crippen LogP contribution in [0.4, 0.5) is 0 Å². The first-order chi connectivity index (χ1) is 15.9. The predicted molar refractivity (Wildman–Crippen MR) is 128 cm³/mol. The maximum atomic E-state index is 11.8. The predicted octanol–water partition coefficient (Wildman–Crippen LogP) is 3.71. The third-order valence-electron chi connectivity index (χ3n) is 6.51. The minimum atomic E-state index is 0.0932. The van der Waals surface area contributed by atoms with Gasteiger partial charge in [0.1, 0.15) is 6.33 Å². The van der Waals surface area contributed by atoms with Crippen LogP contribution < -0.4 is 5.32 Å². The molecule has 1 aliphatic rings. The van der Waals surface area contributed by atoms with Crippen molar-refractivity contribution in [1.29, 1.82) is 0 Å². The number of nitrogens with zero attached hydrogens (tertiary/aromatic N) is 5. The largest absolute Gasteiger partial charge is 0.354 e. The van der Waals surface area contributed by atoms with Gasteiger partial charge in [-0.25, -0.2) is 9.50 Å². The first-order valence-corrected chi connectivity index (χ1v) is 11.4. The standard InChI is InChI=1S/C25H29N7O/c1-15(2)22-23(29-30-24(22)20-11-16(3)25-27-14-28-32(25)12-20)19-7-5-18(6-8-19)17(4)31-10-9-26-21(33)13-31/h5-8,11-12,14-15,17H,9-10,13H2,1-4H3,(H,26,33)(H,29,30). The van der Waals surface area contributed by atoms with Crippen molar-refractivity contribution in [2.45, 2.75) is 39.7 Å². The van der Waals surface area contributed by atoms with Gasteiger partial charge in [0, 0.05) is 36.5 Å². The minimum Gasteiger partial charge on any atom is -0.354 e. The van der Waals surface area contributed by atoms with Crippen LogP contribution in [-0.2, 0) is 4.79 Å². The molecule has 1 atom stereocenters. The zero-order valence-corrected chi connectivity index (χ0v) is 19.5. The van der Waals surface area contributed by atoms with Crippen molar-refractivity contribution < 1.29 is 4.79 Å². The fraction of sp³-hybridized carbons (Fsp3) is 0.360. The van der Waals surface area contributed by atoms with E-state index in [1.165, 1.54) is 11.1 Å². The molecule has 1 fully saturated rings. The number of pyridine rings is 1. The molecule has 1 amide bonds. The number of aromatic amines is 1. The molecular weight excluding hydrogens is 414 g/mol. The highest BCUT2D eigenvalue weighted by atomic mass is 16.2. The van der Waals surface area contributed by atoms with Crippen molar-refractivity contribution in [2.24, 2.45) is 0 Å². The molecule has 0 bridgehead atoms. The van der Waals surface area contributed by atoms with Crippen molar-refractivity contribution in [2.75, 3.05) is 19.6 Å². The molecule has 2 N–H and O–H groups in total. The molecule has 1 unspecified atom stereocenters. The second-order valence-corrected chi connectivity index (χ2v) is 9.07. The molecule has 5 rings (SSSR count). The number of carbonyl (C=O) groups excluding carboxylic acids is 1. The Morgan fingerprint density at radius 2 is 1.88 bits per heavy atom. The van der Waals surface area contributed by atoms with Crippen LogP contribution in [-0.4, -0.2) is 55.2 Å². The lowest BCUT2D eigenvalue weighted by Gasteiger charge is -2.32. The molecule has 8 heteroatoms. The number of H-pyrrole nitrogens is 1. The van der Waals surface area contributed by atoms with Crippen molar-refractivity contribution >= 4 is 11.6 Å². The third-order valence-corrected chi connectivity index (χ3v) is 6.51. The van der Waals surface area contributed by atoms with Gasteiger partial charge in [-0.05, 0) is 42.5 Å². The Kier molecular flexibility index (Phi) is 5.46. The van der Waals surface area contributed by atoms with E-state index >= 15 is 0 Å². The molecule has 4 heterocycles. The highest BCUT2D eigenvalue weighted by Gasteiger charge is 2.23. The van der Waals surface area contributed by atoms with Crippen LogP contribution in [0, 0.1) is 6.92 Å². The van der Waals surface area contributed by atoms with Gasteiger partial charge >= 0.3 is 0 Å². The average Bonchev–Trinajstić information content (AvgIpc) is 3.46. The molecule has 3 aromatic heterocycles. The van der Waals surface area contributed by atoms with Gasteiger partial charge in [0.15, 0.2) is 5.65 Å². The molecule has 8 nitrogen and oxygen atoms in total. The highest BCUT2D eigenvalue weighted by Crippen LogP contribution is 2.36. The van der Waals surface area contributed by atoms with Gasteiger partial charge in [-0.2, -0.15) is 10.2 Å². The summed E-state index contributed by atoms with van der Waals surface area (Å²) in [7, 11) is 0. The average molecular weight is 444 g/mol. The summed E-state index contributed by atoms with van der Waals surface area (Å²) in [5.74, 6) is 0.376. The number of aromatic nitrogens is 5. The molecule has 0 aliphatic carbocycles. The molecule has 0 radical (unpaired) electrons. The van der Waals surface area contributed by atoms with E-state index in [-0.39, 0.29) is 17.9 Å². The van der Waals surface area contributed by atoms with E-state index in [0.29, 0.717) is 13.1 Å². The summed E-state index contributed by atoms with van der Waals surface area (Å²) >= 11 is 0. The van der Waals surface area contributed by atoms with E-state index < -0.39 is 0 Å². The van der Waals surface area contributed by atoms with Crippen LogP contribution in [0.25, 0.3) is 28.2 Å². The number of nitrogens with one attached hydrogen (secondary N) is 2. The number of hydrogen-bond donors (Lipinski definition) is 2. The summed E-state index contributed by atoms with van der Waals surface area (Å²) in [4.78, 5) is 18.3. The summed E-state index contributed by atoms with van der Waals surface area (Å²) < 4.78 is 1.81. The van der Waals surface area contributed by atoms with Crippen LogP contribution in [0.3, 0.4) is 0 Å². The number of carbonyl (C=O) groups is 1. The summed E-state index contributed by atoms with van der Waals surface area (Å²) in [6.07, 6.45) is 3.56. The first kappa shape index (κ1) is 21.3. The summed E-state index contributed by atoms with van der Waals surface area (Å²) in [6, 6.07) is 10.9. The van der Waals surface area contributed by atoms with E-state index in [0.717, 1.165) is 40.3 Å². The molecule has 4 aromatic rings. The molecule has 33 heavy (non-hydrogen) atoms. The molecule has 0 saturated carbocycles. The van der Waals surface area contributed by atoms with Gasteiger partial charge in [0.25, 0.3) is 0 Å². The second-order valence-electron chi connectivity index (χ2n) is 9.07. The van der Waals surface area contributed by atoms with Crippen molar-refractivity contribution in [3.05, 3.63) is 59.5 Å². The third kappa shape index (κ3) is 3.91. The lowest BCUT2D eigenvalue weighted by atomic mass is 9.93. The van der Waals surface area contributed by atoms with Gasteiger partial charge in [-0.1, -0.05) is 38.1 Å². The Morgan fingerprint density at radius 1 is 1.09 bits per heavy atom. The van der Waals surface area contributed by atoms with Crippen molar-refractivity contribution in [1.82, 2.24) is 35.0 Å². The maximum absolute atomic E-state index is 11.8. The second kappa shape index (κ2) is 8.44. The molecule has 1 aromatic carbocycles. The van der Waals surface area contributed by atoms with Gasteiger partial charge < -0.3 is 5.32 Å². The Hall–Kier alpha value is -3.52. The van der Waals surface area contributed by atoms with Crippen molar-refractivity contribution in [3.8, 4) is 22.5 Å². The zero-order chi connectivity index (χ0) is 23.1. The molecule has 0 spiro atoms. The minimum absolute atomic E-state index is 0.0932. The smallest absolute Gasteiger partial charge is 0.234 e. The van der Waals surface area contributed by atoms with E-state index in [1.54, 1.807) is 10.8 Å². The maximum Gasteiger partial charge on any atom is 0.234 e. The number of piperazine rings is 1. The summed E-state index contributed by atoms with van der Waals surface area (Å²) in [5.41, 5.74) is 8.40. The van der Waals surface area contributed by atoms with E-state index in [2.05, 4.69) is 76.5 Å². The lowest BCUT2D eigenvalue weighted by molar-refractivity contribution is -0.124. The Morgan fingerprint density at radius 3 is 2.61 bits per heavy atom.